The molecule has 2 rings (SSSR count). The van der Waals surface area contributed by atoms with Crippen molar-refractivity contribution in [1.82, 2.24) is 4.90 Å². The average molecular weight is 293 g/mol. The van der Waals surface area contributed by atoms with E-state index in [0.29, 0.717) is 12.2 Å². The number of para-hydroxylation sites is 2. The smallest absolute Gasteiger partial charge is 0.238 e. The number of aliphatic hydroxyl groups is 2. The highest BCUT2D eigenvalue weighted by atomic mass is 16.3. The van der Waals surface area contributed by atoms with Crippen molar-refractivity contribution >= 4 is 17.3 Å². The minimum Gasteiger partial charge on any atom is -0.394 e. The van der Waals surface area contributed by atoms with Crippen LogP contribution in [0.25, 0.3) is 0 Å². The Balaban J connectivity index is 1.90. The number of rotatable bonds is 7. The van der Waals surface area contributed by atoms with Crippen molar-refractivity contribution < 1.29 is 15.0 Å². The Labute approximate surface area is 124 Å². The average Bonchev–Trinajstić information content (AvgIpc) is 2.98. The van der Waals surface area contributed by atoms with Crippen LogP contribution in [0.5, 0.6) is 0 Å². The van der Waals surface area contributed by atoms with Crippen LogP contribution in [0, 0.1) is 0 Å². The molecule has 6 heteroatoms. The van der Waals surface area contributed by atoms with E-state index >= 15 is 0 Å². The number of anilines is 2. The van der Waals surface area contributed by atoms with Gasteiger partial charge in [-0.3, -0.25) is 9.69 Å². The zero-order valence-electron chi connectivity index (χ0n) is 12.1. The normalized spacial score (nSPS) is 16.7. The molecule has 1 unspecified atom stereocenters. The predicted octanol–water partition coefficient (Wildman–Crippen LogP) is 0.486. The number of carbonyl (C=O) groups excluding carboxylic acids is 1. The van der Waals surface area contributed by atoms with Gasteiger partial charge in [0.05, 0.1) is 30.6 Å². The summed E-state index contributed by atoms with van der Waals surface area (Å²) < 4.78 is 0. The molecule has 1 saturated heterocycles. The van der Waals surface area contributed by atoms with Crippen LogP contribution in [-0.4, -0.2) is 59.9 Å². The number of nitrogens with one attached hydrogen (secondary N) is 2. The largest absolute Gasteiger partial charge is 0.394 e. The molecule has 0 aromatic heterocycles. The van der Waals surface area contributed by atoms with Crippen LogP contribution < -0.4 is 10.6 Å². The number of hydrogen-bond acceptors (Lipinski definition) is 5. The van der Waals surface area contributed by atoms with Crippen LogP contribution in [0.1, 0.15) is 12.8 Å². The molecule has 1 amide bonds. The Morgan fingerprint density at radius 1 is 1.24 bits per heavy atom. The maximum Gasteiger partial charge on any atom is 0.238 e. The van der Waals surface area contributed by atoms with Gasteiger partial charge in [0.1, 0.15) is 0 Å². The van der Waals surface area contributed by atoms with Crippen molar-refractivity contribution in [1.29, 1.82) is 0 Å². The van der Waals surface area contributed by atoms with E-state index in [1.54, 1.807) is 0 Å². The summed E-state index contributed by atoms with van der Waals surface area (Å²) in [6.07, 6.45) is 1.49. The molecule has 1 aromatic carbocycles. The number of benzene rings is 1. The van der Waals surface area contributed by atoms with E-state index in [4.69, 9.17) is 5.11 Å². The molecular formula is C15H23N3O3. The van der Waals surface area contributed by atoms with Gasteiger partial charge in [0.25, 0.3) is 0 Å². The SMILES string of the molecule is O=C(CN1CCCC1)Nc1ccccc1NCC(O)CO. The lowest BCUT2D eigenvalue weighted by atomic mass is 10.2. The minimum absolute atomic E-state index is 0.0335. The molecule has 1 aliphatic heterocycles. The fraction of sp³-hybridized carbons (Fsp3) is 0.533. The predicted molar refractivity (Wildman–Crippen MR) is 82.3 cm³/mol. The molecule has 0 bridgehead atoms. The van der Waals surface area contributed by atoms with Crippen molar-refractivity contribution in [2.24, 2.45) is 0 Å². The van der Waals surface area contributed by atoms with Gasteiger partial charge < -0.3 is 20.8 Å². The van der Waals surface area contributed by atoms with Crippen LogP contribution in [-0.2, 0) is 4.79 Å². The lowest BCUT2D eigenvalue weighted by molar-refractivity contribution is -0.117. The van der Waals surface area contributed by atoms with Gasteiger partial charge in [-0.25, -0.2) is 0 Å². The van der Waals surface area contributed by atoms with E-state index in [2.05, 4.69) is 15.5 Å². The van der Waals surface area contributed by atoms with Crippen LogP contribution in [0.15, 0.2) is 24.3 Å². The van der Waals surface area contributed by atoms with E-state index in [1.807, 2.05) is 24.3 Å². The quantitative estimate of drug-likeness (QED) is 0.588. The Kier molecular flexibility index (Phi) is 5.98. The van der Waals surface area contributed by atoms with Crippen LogP contribution in [0.2, 0.25) is 0 Å². The number of carbonyl (C=O) groups is 1. The van der Waals surface area contributed by atoms with Gasteiger partial charge in [-0.15, -0.1) is 0 Å². The summed E-state index contributed by atoms with van der Waals surface area (Å²) in [6, 6.07) is 7.34. The van der Waals surface area contributed by atoms with E-state index in [-0.39, 0.29) is 19.1 Å². The van der Waals surface area contributed by atoms with Gasteiger partial charge in [0.15, 0.2) is 0 Å². The van der Waals surface area contributed by atoms with Crippen molar-refractivity contribution in [3.63, 3.8) is 0 Å². The summed E-state index contributed by atoms with van der Waals surface area (Å²) in [5.41, 5.74) is 1.42. The third kappa shape index (κ3) is 5.00. The molecule has 1 atom stereocenters. The number of hydrogen-bond donors (Lipinski definition) is 4. The van der Waals surface area contributed by atoms with E-state index in [0.717, 1.165) is 31.6 Å². The van der Waals surface area contributed by atoms with Crippen LogP contribution >= 0.6 is 0 Å². The first-order valence-electron chi connectivity index (χ1n) is 7.33. The van der Waals surface area contributed by atoms with E-state index < -0.39 is 6.10 Å². The Morgan fingerprint density at radius 3 is 2.57 bits per heavy atom. The standard InChI is InChI=1S/C15H23N3O3/c19-11-12(20)9-16-13-5-1-2-6-14(13)17-15(21)10-18-7-3-4-8-18/h1-2,5-6,12,16,19-20H,3-4,7-11H2,(H,17,21). The summed E-state index contributed by atoms with van der Waals surface area (Å²) in [6.45, 7) is 2.31. The van der Waals surface area contributed by atoms with Gasteiger partial charge in [-0.05, 0) is 38.1 Å². The first kappa shape index (κ1) is 15.8. The molecule has 0 saturated carbocycles. The zero-order valence-corrected chi connectivity index (χ0v) is 12.1. The first-order valence-corrected chi connectivity index (χ1v) is 7.33. The van der Waals surface area contributed by atoms with E-state index in [1.165, 1.54) is 0 Å². The molecule has 6 nitrogen and oxygen atoms in total. The summed E-state index contributed by atoms with van der Waals surface area (Å²) in [4.78, 5) is 14.2. The number of likely N-dealkylation sites (tertiary alicyclic amines) is 1. The fourth-order valence-electron chi connectivity index (χ4n) is 2.37. The molecule has 1 aromatic rings. The second kappa shape index (κ2) is 7.97. The van der Waals surface area contributed by atoms with Crippen LogP contribution in [0.4, 0.5) is 11.4 Å². The van der Waals surface area contributed by atoms with E-state index in [9.17, 15) is 9.90 Å². The third-order valence-electron chi connectivity index (χ3n) is 3.51. The summed E-state index contributed by atoms with van der Waals surface area (Å²) in [5.74, 6) is -0.0335. The highest BCUT2D eigenvalue weighted by Crippen LogP contribution is 2.21. The molecule has 116 valence electrons. The minimum atomic E-state index is -0.821. The zero-order chi connectivity index (χ0) is 15.1. The Hall–Kier alpha value is -1.63. The molecule has 1 heterocycles. The Bertz CT molecular complexity index is 461. The maximum absolute atomic E-state index is 12.0. The number of amides is 1. The molecule has 21 heavy (non-hydrogen) atoms. The fourth-order valence-corrected chi connectivity index (χ4v) is 2.37. The molecule has 4 N–H and O–H groups in total. The summed E-state index contributed by atoms with van der Waals surface area (Å²) in [7, 11) is 0. The van der Waals surface area contributed by atoms with Gasteiger partial charge >= 0.3 is 0 Å². The van der Waals surface area contributed by atoms with Gasteiger partial charge in [-0.2, -0.15) is 0 Å². The number of nitrogens with zero attached hydrogens (tertiary/aromatic N) is 1. The van der Waals surface area contributed by atoms with Gasteiger partial charge in [0, 0.05) is 6.54 Å². The highest BCUT2D eigenvalue weighted by molar-refractivity contribution is 5.95. The topological polar surface area (TPSA) is 84.8 Å². The first-order chi connectivity index (χ1) is 10.2. The molecular weight excluding hydrogens is 270 g/mol. The highest BCUT2D eigenvalue weighted by Gasteiger charge is 2.15. The van der Waals surface area contributed by atoms with Crippen LogP contribution in [0.3, 0.4) is 0 Å². The summed E-state index contributed by atoms with van der Waals surface area (Å²) in [5, 5.41) is 24.1. The molecule has 0 aliphatic carbocycles. The van der Waals surface area contributed by atoms with Crippen molar-refractivity contribution in [3.05, 3.63) is 24.3 Å². The lowest BCUT2D eigenvalue weighted by Crippen LogP contribution is -2.31. The van der Waals surface area contributed by atoms with Gasteiger partial charge in [0.2, 0.25) is 5.91 Å². The third-order valence-corrected chi connectivity index (χ3v) is 3.51. The maximum atomic E-state index is 12.0. The van der Waals surface area contributed by atoms with Crippen molar-refractivity contribution in [3.8, 4) is 0 Å². The van der Waals surface area contributed by atoms with Crippen molar-refractivity contribution in [2.45, 2.75) is 18.9 Å². The molecule has 0 radical (unpaired) electrons. The lowest BCUT2D eigenvalue weighted by Gasteiger charge is -2.17. The van der Waals surface area contributed by atoms with Gasteiger partial charge in [-0.1, -0.05) is 12.1 Å². The molecule has 1 aliphatic rings. The monoisotopic (exact) mass is 293 g/mol. The second-order valence-electron chi connectivity index (χ2n) is 5.29. The Morgan fingerprint density at radius 2 is 1.90 bits per heavy atom. The molecule has 1 fully saturated rings. The number of aliphatic hydroxyl groups excluding tert-OH is 2. The summed E-state index contributed by atoms with van der Waals surface area (Å²) >= 11 is 0. The van der Waals surface area contributed by atoms with Crippen molar-refractivity contribution in [2.75, 3.05) is 43.4 Å². The molecule has 0 spiro atoms. The second-order valence-corrected chi connectivity index (χ2v) is 5.29.